The van der Waals surface area contributed by atoms with Gasteiger partial charge in [-0.25, -0.2) is 0 Å². The third kappa shape index (κ3) is 3.34. The summed E-state index contributed by atoms with van der Waals surface area (Å²) in [6.45, 7) is -0.0390. The van der Waals surface area contributed by atoms with Crippen LogP contribution in [-0.4, -0.2) is 34.1 Å². The Kier molecular flexibility index (Phi) is 4.80. The first kappa shape index (κ1) is 18.5. The monoisotopic (exact) mass is 432 g/mol. The van der Waals surface area contributed by atoms with E-state index < -0.39 is 30.0 Å². The van der Waals surface area contributed by atoms with E-state index in [1.54, 1.807) is 24.3 Å². The van der Waals surface area contributed by atoms with E-state index in [-0.39, 0.29) is 17.4 Å². The fourth-order valence-electron chi connectivity index (χ4n) is 2.27. The molecule has 1 N–H and O–H groups in total. The topological polar surface area (TPSA) is 75.3 Å². The van der Waals surface area contributed by atoms with Gasteiger partial charge in [-0.3, -0.25) is 4.79 Å². The molecular formula is C16H12BrF3N2O4. The highest BCUT2D eigenvalue weighted by atomic mass is 79.9. The molecule has 0 bridgehead atoms. The molecule has 0 fully saturated rings. The van der Waals surface area contributed by atoms with Crippen LogP contribution < -0.4 is 4.74 Å². The van der Waals surface area contributed by atoms with Crippen molar-refractivity contribution in [2.75, 3.05) is 0 Å². The van der Waals surface area contributed by atoms with E-state index in [4.69, 9.17) is 9.15 Å². The standard InChI is InChI=1S/C16H12BrF3N2O4/c17-11-3-1-2-4-12(11)25-9-10-5-6-13(26-10)14(23)22-15(24,7-8-21-22)16(18,19)20/h1-6,8,24H,7,9H2/t15-/m0/s1. The molecule has 1 amide bonds. The first-order valence-electron chi connectivity index (χ1n) is 7.34. The highest BCUT2D eigenvalue weighted by Crippen LogP contribution is 2.39. The Labute approximate surface area is 154 Å². The fourth-order valence-corrected chi connectivity index (χ4v) is 2.67. The molecule has 1 aromatic heterocycles. The summed E-state index contributed by atoms with van der Waals surface area (Å²) in [7, 11) is 0. The summed E-state index contributed by atoms with van der Waals surface area (Å²) in [4.78, 5) is 12.3. The first-order chi connectivity index (χ1) is 12.2. The summed E-state index contributed by atoms with van der Waals surface area (Å²) in [5.41, 5.74) is -3.39. The van der Waals surface area contributed by atoms with Crippen molar-refractivity contribution in [3.05, 3.63) is 52.4 Å². The van der Waals surface area contributed by atoms with E-state index >= 15 is 0 Å². The van der Waals surface area contributed by atoms with Gasteiger partial charge in [0.15, 0.2) is 5.76 Å². The number of rotatable bonds is 4. The van der Waals surface area contributed by atoms with Crippen LogP contribution in [0.25, 0.3) is 0 Å². The lowest BCUT2D eigenvalue weighted by Crippen LogP contribution is -2.56. The number of furan rings is 1. The van der Waals surface area contributed by atoms with Crippen LogP contribution in [0.3, 0.4) is 0 Å². The molecule has 0 saturated heterocycles. The maximum absolute atomic E-state index is 13.0. The van der Waals surface area contributed by atoms with Crippen molar-refractivity contribution < 1.29 is 32.2 Å². The van der Waals surface area contributed by atoms with Gasteiger partial charge < -0.3 is 14.3 Å². The number of hydrogen-bond acceptors (Lipinski definition) is 5. The van der Waals surface area contributed by atoms with Crippen molar-refractivity contribution in [3.8, 4) is 5.75 Å². The fraction of sp³-hybridized carbons (Fsp3) is 0.250. The number of hydrogen-bond donors (Lipinski definition) is 1. The van der Waals surface area contributed by atoms with Gasteiger partial charge in [-0.1, -0.05) is 12.1 Å². The molecular weight excluding hydrogens is 421 g/mol. The van der Waals surface area contributed by atoms with E-state index in [1.165, 1.54) is 12.1 Å². The summed E-state index contributed by atoms with van der Waals surface area (Å²) in [5.74, 6) is -0.835. The number of aliphatic hydroxyl groups is 1. The number of para-hydroxylation sites is 1. The first-order valence-corrected chi connectivity index (χ1v) is 8.14. The second-order valence-corrected chi connectivity index (χ2v) is 6.27. The van der Waals surface area contributed by atoms with Crippen LogP contribution in [0.1, 0.15) is 22.7 Å². The molecule has 0 spiro atoms. The summed E-state index contributed by atoms with van der Waals surface area (Å²) in [6, 6.07) is 9.65. The Balaban J connectivity index is 1.72. The zero-order valence-electron chi connectivity index (χ0n) is 13.0. The number of benzene rings is 1. The van der Waals surface area contributed by atoms with Gasteiger partial charge in [0.25, 0.3) is 5.72 Å². The van der Waals surface area contributed by atoms with Crippen LogP contribution in [-0.2, 0) is 6.61 Å². The van der Waals surface area contributed by atoms with Crippen molar-refractivity contribution in [2.24, 2.45) is 5.10 Å². The number of amides is 1. The third-order valence-corrected chi connectivity index (χ3v) is 4.30. The van der Waals surface area contributed by atoms with Gasteiger partial charge in [0.1, 0.15) is 18.1 Å². The lowest BCUT2D eigenvalue weighted by molar-refractivity contribution is -0.297. The Morgan fingerprint density at radius 1 is 1.35 bits per heavy atom. The van der Waals surface area contributed by atoms with Gasteiger partial charge in [-0.15, -0.1) is 0 Å². The smallest absolute Gasteiger partial charge is 0.438 e. The van der Waals surface area contributed by atoms with Crippen LogP contribution in [0.15, 0.2) is 50.4 Å². The minimum atomic E-state index is -5.06. The van der Waals surface area contributed by atoms with Crippen molar-refractivity contribution in [1.29, 1.82) is 0 Å². The minimum absolute atomic E-state index is 0.0236. The van der Waals surface area contributed by atoms with E-state index in [1.807, 2.05) is 0 Å². The van der Waals surface area contributed by atoms with Crippen molar-refractivity contribution in [2.45, 2.75) is 24.9 Å². The number of halogens is 4. The molecule has 0 saturated carbocycles. The number of carbonyl (C=O) groups is 1. The van der Waals surface area contributed by atoms with Gasteiger partial charge in [0.2, 0.25) is 0 Å². The van der Waals surface area contributed by atoms with Crippen molar-refractivity contribution in [1.82, 2.24) is 5.01 Å². The van der Waals surface area contributed by atoms with E-state index in [9.17, 15) is 23.1 Å². The Morgan fingerprint density at radius 3 is 2.77 bits per heavy atom. The van der Waals surface area contributed by atoms with Crippen LogP contribution in [0.4, 0.5) is 13.2 Å². The predicted molar refractivity (Wildman–Crippen MR) is 87.5 cm³/mol. The van der Waals surface area contributed by atoms with Gasteiger partial charge in [-0.05, 0) is 40.2 Å². The van der Waals surface area contributed by atoms with Crippen LogP contribution in [0.5, 0.6) is 5.75 Å². The quantitative estimate of drug-likeness (QED) is 0.798. The van der Waals surface area contributed by atoms with Gasteiger partial charge in [0, 0.05) is 12.6 Å². The summed E-state index contributed by atoms with van der Waals surface area (Å²) >= 11 is 3.31. The molecule has 3 rings (SSSR count). The molecule has 2 heterocycles. The highest BCUT2D eigenvalue weighted by Gasteiger charge is 2.61. The summed E-state index contributed by atoms with van der Waals surface area (Å²) in [5, 5.41) is 13.1. The van der Waals surface area contributed by atoms with Gasteiger partial charge in [-0.2, -0.15) is 23.3 Å². The largest absolute Gasteiger partial charge is 0.484 e. The molecule has 26 heavy (non-hydrogen) atoms. The summed E-state index contributed by atoms with van der Waals surface area (Å²) in [6.07, 6.45) is -5.08. The maximum atomic E-state index is 13.0. The molecule has 0 radical (unpaired) electrons. The molecule has 10 heteroatoms. The highest BCUT2D eigenvalue weighted by molar-refractivity contribution is 9.10. The molecule has 1 aliphatic heterocycles. The normalized spacial score (nSPS) is 19.8. The second-order valence-electron chi connectivity index (χ2n) is 5.42. The number of ether oxygens (including phenoxy) is 1. The Morgan fingerprint density at radius 2 is 2.08 bits per heavy atom. The lowest BCUT2D eigenvalue weighted by Gasteiger charge is -2.31. The van der Waals surface area contributed by atoms with Gasteiger partial charge >= 0.3 is 12.1 Å². The zero-order valence-corrected chi connectivity index (χ0v) is 14.6. The summed E-state index contributed by atoms with van der Waals surface area (Å²) < 4.78 is 50.6. The van der Waals surface area contributed by atoms with E-state index in [0.29, 0.717) is 10.2 Å². The van der Waals surface area contributed by atoms with E-state index in [2.05, 4.69) is 21.0 Å². The number of alkyl halides is 3. The second kappa shape index (κ2) is 6.76. The molecule has 138 valence electrons. The number of nitrogens with zero attached hydrogens (tertiary/aromatic N) is 2. The number of carbonyl (C=O) groups excluding carboxylic acids is 1. The Bertz CT molecular complexity index is 852. The SMILES string of the molecule is O=C(c1ccc(COc2ccccc2Br)o1)N1N=CC[C@]1(O)C(F)(F)F. The molecule has 1 aromatic carbocycles. The molecule has 1 aliphatic rings. The molecule has 1 atom stereocenters. The zero-order chi connectivity index (χ0) is 18.9. The molecule has 6 nitrogen and oxygen atoms in total. The van der Waals surface area contributed by atoms with Gasteiger partial charge in [0.05, 0.1) is 4.47 Å². The lowest BCUT2D eigenvalue weighted by atomic mass is 10.1. The Hall–Kier alpha value is -2.33. The van der Waals surface area contributed by atoms with Crippen LogP contribution in [0, 0.1) is 0 Å². The van der Waals surface area contributed by atoms with Crippen LogP contribution in [0.2, 0.25) is 0 Å². The minimum Gasteiger partial charge on any atom is -0.484 e. The van der Waals surface area contributed by atoms with Crippen LogP contribution >= 0.6 is 15.9 Å². The molecule has 2 aromatic rings. The van der Waals surface area contributed by atoms with E-state index in [0.717, 1.165) is 6.21 Å². The number of hydrazone groups is 1. The molecule has 0 unspecified atom stereocenters. The predicted octanol–water partition coefficient (Wildman–Crippen LogP) is 3.70. The maximum Gasteiger partial charge on any atom is 0.438 e. The average Bonchev–Trinajstić information content (AvgIpc) is 3.20. The van der Waals surface area contributed by atoms with Crippen molar-refractivity contribution >= 4 is 28.1 Å². The molecule has 0 aliphatic carbocycles. The van der Waals surface area contributed by atoms with Crippen molar-refractivity contribution in [3.63, 3.8) is 0 Å². The third-order valence-electron chi connectivity index (χ3n) is 3.65. The average molecular weight is 433 g/mol.